The van der Waals surface area contributed by atoms with Crippen LogP contribution in [0.4, 0.5) is 0 Å². The van der Waals surface area contributed by atoms with Gasteiger partial charge in [0.05, 0.1) is 0 Å². The van der Waals surface area contributed by atoms with Crippen LogP contribution in [0, 0.1) is 5.92 Å². The van der Waals surface area contributed by atoms with Crippen LogP contribution in [0.15, 0.2) is 17.5 Å². The molecule has 0 radical (unpaired) electrons. The zero-order valence-electron chi connectivity index (χ0n) is 12.7. The van der Waals surface area contributed by atoms with Crippen molar-refractivity contribution >= 4 is 11.3 Å². The molecule has 2 fully saturated rings. The molecule has 2 atom stereocenters. The van der Waals surface area contributed by atoms with Gasteiger partial charge in [0.15, 0.2) is 0 Å². The van der Waals surface area contributed by atoms with Crippen LogP contribution >= 0.6 is 11.3 Å². The molecule has 1 saturated carbocycles. The first-order valence-corrected chi connectivity index (χ1v) is 9.23. The fraction of sp³-hybridized carbons (Fsp3) is 0.765. The van der Waals surface area contributed by atoms with Crippen LogP contribution in [-0.2, 0) is 0 Å². The maximum absolute atomic E-state index is 3.91. The van der Waals surface area contributed by atoms with E-state index < -0.39 is 0 Å². The van der Waals surface area contributed by atoms with Crippen LogP contribution < -0.4 is 5.32 Å². The van der Waals surface area contributed by atoms with Crippen molar-refractivity contribution in [1.82, 2.24) is 10.2 Å². The number of hydrogen-bond acceptors (Lipinski definition) is 3. The van der Waals surface area contributed by atoms with Crippen LogP contribution in [0.25, 0.3) is 0 Å². The van der Waals surface area contributed by atoms with Crippen LogP contribution in [0.3, 0.4) is 0 Å². The van der Waals surface area contributed by atoms with E-state index in [1.165, 1.54) is 51.6 Å². The first kappa shape index (κ1) is 14.6. The lowest BCUT2D eigenvalue weighted by Gasteiger charge is -2.29. The van der Waals surface area contributed by atoms with E-state index >= 15 is 0 Å². The Morgan fingerprint density at radius 1 is 1.25 bits per heavy atom. The van der Waals surface area contributed by atoms with E-state index in [1.807, 2.05) is 11.3 Å². The van der Waals surface area contributed by atoms with E-state index in [0.29, 0.717) is 12.1 Å². The number of rotatable bonds is 6. The van der Waals surface area contributed by atoms with Gasteiger partial charge in [0.1, 0.15) is 0 Å². The summed E-state index contributed by atoms with van der Waals surface area (Å²) in [5, 5.41) is 6.13. The molecule has 0 spiro atoms. The summed E-state index contributed by atoms with van der Waals surface area (Å²) in [6.07, 6.45) is 8.45. The molecule has 1 saturated heterocycles. The summed E-state index contributed by atoms with van der Waals surface area (Å²) in [6, 6.07) is 5.80. The molecule has 3 rings (SSSR count). The maximum Gasteiger partial charge on any atom is 0.0443 e. The van der Waals surface area contributed by atoms with Gasteiger partial charge >= 0.3 is 0 Å². The van der Waals surface area contributed by atoms with E-state index in [2.05, 4.69) is 34.7 Å². The van der Waals surface area contributed by atoms with E-state index in [1.54, 1.807) is 4.88 Å². The minimum atomic E-state index is 0.600. The molecule has 2 aliphatic rings. The number of nitrogens with zero attached hydrogens (tertiary/aromatic N) is 1. The third-order valence-corrected chi connectivity index (χ3v) is 6.07. The standard InChI is InChI=1S/C17H28N2S/c1-14(19-10-4-5-11-19)13-18-17(15-7-2-3-8-15)16-9-6-12-20-16/h6,9,12,14-15,17-18H,2-5,7-8,10-11,13H2,1H3. The van der Waals surface area contributed by atoms with Gasteiger partial charge in [-0.05, 0) is 63.1 Å². The van der Waals surface area contributed by atoms with Gasteiger partial charge < -0.3 is 5.32 Å². The molecule has 1 aromatic rings. The molecular weight excluding hydrogens is 264 g/mol. The summed E-state index contributed by atoms with van der Waals surface area (Å²) in [5.74, 6) is 0.861. The molecule has 0 aromatic carbocycles. The molecule has 2 unspecified atom stereocenters. The Hall–Kier alpha value is -0.380. The van der Waals surface area contributed by atoms with E-state index in [-0.39, 0.29) is 0 Å². The predicted octanol–water partition coefficient (Wildman–Crippen LogP) is 4.05. The van der Waals surface area contributed by atoms with Crippen molar-refractivity contribution in [2.75, 3.05) is 19.6 Å². The Morgan fingerprint density at radius 3 is 2.65 bits per heavy atom. The zero-order chi connectivity index (χ0) is 13.8. The molecular formula is C17H28N2S. The molecule has 3 heteroatoms. The van der Waals surface area contributed by atoms with Crippen molar-refractivity contribution in [1.29, 1.82) is 0 Å². The average Bonchev–Trinajstić information content (AvgIpc) is 3.22. The largest absolute Gasteiger partial charge is 0.307 e. The second-order valence-electron chi connectivity index (χ2n) is 6.54. The smallest absolute Gasteiger partial charge is 0.0443 e. The third kappa shape index (κ3) is 3.44. The van der Waals surface area contributed by atoms with E-state index in [0.717, 1.165) is 12.5 Å². The topological polar surface area (TPSA) is 15.3 Å². The number of hydrogen-bond donors (Lipinski definition) is 1. The Kier molecular flexibility index (Phi) is 5.14. The van der Waals surface area contributed by atoms with Crippen molar-refractivity contribution in [3.05, 3.63) is 22.4 Å². The molecule has 1 N–H and O–H groups in total. The minimum Gasteiger partial charge on any atom is -0.307 e. The average molecular weight is 292 g/mol. The van der Waals surface area contributed by atoms with Gasteiger partial charge in [-0.2, -0.15) is 0 Å². The van der Waals surface area contributed by atoms with E-state index in [4.69, 9.17) is 0 Å². The minimum absolute atomic E-state index is 0.600. The molecule has 1 aliphatic heterocycles. The molecule has 1 aromatic heterocycles. The van der Waals surface area contributed by atoms with Crippen LogP contribution in [0.5, 0.6) is 0 Å². The number of thiophene rings is 1. The van der Waals surface area contributed by atoms with Gasteiger partial charge in [-0.25, -0.2) is 0 Å². The predicted molar refractivity (Wildman–Crippen MR) is 87.3 cm³/mol. The highest BCUT2D eigenvalue weighted by molar-refractivity contribution is 7.10. The normalized spacial score (nSPS) is 24.2. The van der Waals surface area contributed by atoms with Gasteiger partial charge in [-0.15, -0.1) is 11.3 Å². The van der Waals surface area contributed by atoms with Crippen molar-refractivity contribution in [2.24, 2.45) is 5.92 Å². The number of nitrogens with one attached hydrogen (secondary N) is 1. The highest BCUT2D eigenvalue weighted by Gasteiger charge is 2.27. The van der Waals surface area contributed by atoms with Gasteiger partial charge in [-0.1, -0.05) is 18.9 Å². The summed E-state index contributed by atoms with van der Waals surface area (Å²) in [5.41, 5.74) is 0. The third-order valence-electron chi connectivity index (χ3n) is 5.12. The van der Waals surface area contributed by atoms with Crippen molar-refractivity contribution in [2.45, 2.75) is 57.5 Å². The van der Waals surface area contributed by atoms with Crippen molar-refractivity contribution < 1.29 is 0 Å². The van der Waals surface area contributed by atoms with Crippen LogP contribution in [0.2, 0.25) is 0 Å². The molecule has 1 aliphatic carbocycles. The zero-order valence-corrected chi connectivity index (χ0v) is 13.5. The second-order valence-corrected chi connectivity index (χ2v) is 7.52. The summed E-state index contributed by atoms with van der Waals surface area (Å²) >= 11 is 1.93. The lowest BCUT2D eigenvalue weighted by atomic mass is 9.96. The Morgan fingerprint density at radius 2 is 2.00 bits per heavy atom. The first-order valence-electron chi connectivity index (χ1n) is 8.35. The molecule has 112 valence electrons. The summed E-state index contributed by atoms with van der Waals surface area (Å²) in [4.78, 5) is 4.19. The second kappa shape index (κ2) is 7.06. The van der Waals surface area contributed by atoms with Crippen LogP contribution in [0.1, 0.15) is 56.4 Å². The Bertz CT molecular complexity index is 378. The highest BCUT2D eigenvalue weighted by Crippen LogP contribution is 2.37. The SMILES string of the molecule is CC(CNC(c1cccs1)C1CCCC1)N1CCCC1. The molecule has 20 heavy (non-hydrogen) atoms. The molecule has 2 heterocycles. The monoisotopic (exact) mass is 292 g/mol. The highest BCUT2D eigenvalue weighted by atomic mass is 32.1. The summed E-state index contributed by atoms with van der Waals surface area (Å²) < 4.78 is 0. The van der Waals surface area contributed by atoms with Crippen LogP contribution in [-0.4, -0.2) is 30.6 Å². The van der Waals surface area contributed by atoms with Crippen molar-refractivity contribution in [3.63, 3.8) is 0 Å². The lowest BCUT2D eigenvalue weighted by Crippen LogP contribution is -2.41. The summed E-state index contributed by atoms with van der Waals surface area (Å²) in [6.45, 7) is 6.13. The molecule has 0 bridgehead atoms. The van der Waals surface area contributed by atoms with E-state index in [9.17, 15) is 0 Å². The van der Waals surface area contributed by atoms with Crippen molar-refractivity contribution in [3.8, 4) is 0 Å². The van der Waals surface area contributed by atoms with Gasteiger partial charge in [0.25, 0.3) is 0 Å². The fourth-order valence-electron chi connectivity index (χ4n) is 3.87. The molecule has 0 amide bonds. The van der Waals surface area contributed by atoms with Gasteiger partial charge in [0, 0.05) is 23.5 Å². The Balaban J connectivity index is 1.58. The maximum atomic E-state index is 3.91. The lowest BCUT2D eigenvalue weighted by molar-refractivity contribution is 0.235. The van der Waals surface area contributed by atoms with Gasteiger partial charge in [-0.3, -0.25) is 4.90 Å². The quantitative estimate of drug-likeness (QED) is 0.851. The number of likely N-dealkylation sites (tertiary alicyclic amines) is 1. The summed E-state index contributed by atoms with van der Waals surface area (Å²) in [7, 11) is 0. The van der Waals surface area contributed by atoms with Gasteiger partial charge in [0.2, 0.25) is 0 Å². The Labute approximate surface area is 127 Å². The fourth-order valence-corrected chi connectivity index (χ4v) is 4.76. The molecule has 2 nitrogen and oxygen atoms in total. The first-order chi connectivity index (χ1) is 9.84.